The molecule has 1 aliphatic heterocycles. The van der Waals surface area contributed by atoms with Crippen molar-refractivity contribution in [1.82, 2.24) is 4.90 Å². The molecule has 19 heavy (non-hydrogen) atoms. The number of nitro groups is 1. The lowest BCUT2D eigenvalue weighted by Crippen LogP contribution is -2.35. The minimum Gasteiger partial charge on any atom is -0.492 e. The third-order valence-corrected chi connectivity index (χ3v) is 3.39. The highest BCUT2D eigenvalue weighted by molar-refractivity contribution is 5.37. The van der Waals surface area contributed by atoms with Crippen LogP contribution >= 0.6 is 0 Å². The van der Waals surface area contributed by atoms with Gasteiger partial charge in [-0.3, -0.25) is 15.0 Å². The van der Waals surface area contributed by atoms with E-state index in [1.165, 1.54) is 12.1 Å². The van der Waals surface area contributed by atoms with Gasteiger partial charge in [-0.1, -0.05) is 6.07 Å². The summed E-state index contributed by atoms with van der Waals surface area (Å²) < 4.78 is 5.52. The Hall–Kier alpha value is -1.66. The molecule has 2 rings (SSSR count). The van der Waals surface area contributed by atoms with E-state index in [1.54, 1.807) is 12.1 Å². The zero-order chi connectivity index (χ0) is 13.7. The summed E-state index contributed by atoms with van der Waals surface area (Å²) in [6.45, 7) is 2.35. The molecular weight excluding hydrogens is 248 g/mol. The summed E-state index contributed by atoms with van der Waals surface area (Å²) in [4.78, 5) is 12.4. The first kappa shape index (κ1) is 13.8. The molecule has 1 saturated heterocycles. The van der Waals surface area contributed by atoms with Crippen LogP contribution in [-0.4, -0.2) is 47.3 Å². The lowest BCUT2D eigenvalue weighted by atomic mass is 10.2. The van der Waals surface area contributed by atoms with Gasteiger partial charge in [-0.15, -0.1) is 0 Å². The minimum atomic E-state index is -0.435. The Morgan fingerprint density at radius 3 is 3.11 bits per heavy atom. The number of nitro benzene ring substituents is 1. The van der Waals surface area contributed by atoms with Crippen molar-refractivity contribution in [1.29, 1.82) is 0 Å². The lowest BCUT2D eigenvalue weighted by molar-refractivity contribution is -0.384. The van der Waals surface area contributed by atoms with E-state index >= 15 is 0 Å². The van der Waals surface area contributed by atoms with E-state index in [2.05, 4.69) is 4.90 Å². The number of aliphatic hydroxyl groups is 1. The number of hydrogen-bond acceptors (Lipinski definition) is 5. The third kappa shape index (κ3) is 3.65. The molecule has 1 heterocycles. The maximum absolute atomic E-state index is 10.6. The minimum absolute atomic E-state index is 0.0342. The predicted octanol–water partition coefficient (Wildman–Crippen LogP) is 1.43. The third-order valence-electron chi connectivity index (χ3n) is 3.39. The Bertz CT molecular complexity index is 438. The second-order valence-corrected chi connectivity index (χ2v) is 4.62. The van der Waals surface area contributed by atoms with Crippen molar-refractivity contribution in [3.8, 4) is 5.75 Å². The molecule has 1 aliphatic rings. The van der Waals surface area contributed by atoms with E-state index in [0.717, 1.165) is 25.9 Å². The van der Waals surface area contributed by atoms with Gasteiger partial charge in [-0.25, -0.2) is 0 Å². The van der Waals surface area contributed by atoms with Crippen LogP contribution in [0.5, 0.6) is 5.75 Å². The van der Waals surface area contributed by atoms with Crippen molar-refractivity contribution in [3.63, 3.8) is 0 Å². The van der Waals surface area contributed by atoms with Crippen molar-refractivity contribution < 1.29 is 14.8 Å². The molecule has 0 amide bonds. The average Bonchev–Trinajstić information content (AvgIpc) is 2.86. The molecule has 1 unspecified atom stereocenters. The number of ether oxygens (including phenoxy) is 1. The molecule has 104 valence electrons. The standard InChI is InChI=1S/C13H18N2O4/c16-10-12-4-2-6-14(12)7-8-19-13-5-1-3-11(9-13)15(17)18/h1,3,5,9,12,16H,2,4,6-8,10H2. The molecule has 0 spiro atoms. The van der Waals surface area contributed by atoms with Crippen LogP contribution < -0.4 is 4.74 Å². The predicted molar refractivity (Wildman–Crippen MR) is 70.3 cm³/mol. The molecule has 1 atom stereocenters. The number of likely N-dealkylation sites (tertiary alicyclic amines) is 1. The van der Waals surface area contributed by atoms with E-state index in [0.29, 0.717) is 12.4 Å². The van der Waals surface area contributed by atoms with Crippen molar-refractivity contribution in [2.45, 2.75) is 18.9 Å². The fraction of sp³-hybridized carbons (Fsp3) is 0.538. The van der Waals surface area contributed by atoms with Gasteiger partial charge in [0.1, 0.15) is 12.4 Å². The Morgan fingerprint density at radius 2 is 2.37 bits per heavy atom. The highest BCUT2D eigenvalue weighted by Gasteiger charge is 2.23. The zero-order valence-corrected chi connectivity index (χ0v) is 10.7. The number of aliphatic hydroxyl groups excluding tert-OH is 1. The van der Waals surface area contributed by atoms with E-state index in [9.17, 15) is 15.2 Å². The van der Waals surface area contributed by atoms with Gasteiger partial charge in [0.25, 0.3) is 5.69 Å². The molecule has 6 heteroatoms. The molecular formula is C13H18N2O4. The van der Waals surface area contributed by atoms with Crippen molar-refractivity contribution in [3.05, 3.63) is 34.4 Å². The number of hydrogen-bond donors (Lipinski definition) is 1. The normalized spacial score (nSPS) is 19.5. The molecule has 0 bridgehead atoms. The molecule has 1 fully saturated rings. The van der Waals surface area contributed by atoms with E-state index in [1.807, 2.05) is 0 Å². The molecule has 0 radical (unpaired) electrons. The largest absolute Gasteiger partial charge is 0.492 e. The summed E-state index contributed by atoms with van der Waals surface area (Å²) in [5, 5.41) is 19.8. The first-order valence-electron chi connectivity index (χ1n) is 6.43. The van der Waals surface area contributed by atoms with Crippen molar-refractivity contribution >= 4 is 5.69 Å². The van der Waals surface area contributed by atoms with Gasteiger partial charge in [0.15, 0.2) is 0 Å². The van der Waals surface area contributed by atoms with Crippen LogP contribution in [0.15, 0.2) is 24.3 Å². The van der Waals surface area contributed by atoms with E-state index < -0.39 is 4.92 Å². The van der Waals surface area contributed by atoms with Crippen LogP contribution in [0.25, 0.3) is 0 Å². The summed E-state index contributed by atoms with van der Waals surface area (Å²) in [5.74, 6) is 0.508. The Kier molecular flexibility index (Phi) is 4.70. The van der Waals surface area contributed by atoms with Gasteiger partial charge in [0.2, 0.25) is 0 Å². The van der Waals surface area contributed by atoms with Gasteiger partial charge in [0, 0.05) is 18.7 Å². The molecule has 1 aromatic carbocycles. The van der Waals surface area contributed by atoms with Gasteiger partial charge >= 0.3 is 0 Å². The van der Waals surface area contributed by atoms with E-state index in [4.69, 9.17) is 4.74 Å². The molecule has 1 aromatic rings. The topological polar surface area (TPSA) is 75.8 Å². The van der Waals surface area contributed by atoms with Crippen molar-refractivity contribution in [2.24, 2.45) is 0 Å². The highest BCUT2D eigenvalue weighted by Crippen LogP contribution is 2.20. The van der Waals surface area contributed by atoms with Crippen LogP contribution in [0.3, 0.4) is 0 Å². The number of benzene rings is 1. The summed E-state index contributed by atoms with van der Waals surface area (Å²) in [6, 6.07) is 6.41. The lowest BCUT2D eigenvalue weighted by Gasteiger charge is -2.22. The van der Waals surface area contributed by atoms with Gasteiger partial charge in [0.05, 0.1) is 17.6 Å². The smallest absolute Gasteiger partial charge is 0.273 e. The molecule has 0 aliphatic carbocycles. The van der Waals surface area contributed by atoms with Crippen LogP contribution in [0.4, 0.5) is 5.69 Å². The SMILES string of the molecule is O=[N+]([O-])c1cccc(OCCN2CCCC2CO)c1. The van der Waals surface area contributed by atoms with Gasteiger partial charge in [-0.2, -0.15) is 0 Å². The van der Waals surface area contributed by atoms with Crippen LogP contribution in [-0.2, 0) is 0 Å². The molecule has 1 N–H and O–H groups in total. The number of non-ortho nitro benzene ring substituents is 1. The Morgan fingerprint density at radius 1 is 1.53 bits per heavy atom. The molecule has 0 aromatic heterocycles. The molecule has 0 saturated carbocycles. The first-order chi connectivity index (χ1) is 9.20. The Labute approximate surface area is 111 Å². The fourth-order valence-electron chi connectivity index (χ4n) is 2.36. The van der Waals surface area contributed by atoms with Crippen LogP contribution in [0.2, 0.25) is 0 Å². The number of rotatable bonds is 6. The summed E-state index contributed by atoms with van der Waals surface area (Å²) in [7, 11) is 0. The molecule has 6 nitrogen and oxygen atoms in total. The second kappa shape index (κ2) is 6.49. The van der Waals surface area contributed by atoms with E-state index in [-0.39, 0.29) is 18.3 Å². The average molecular weight is 266 g/mol. The fourth-order valence-corrected chi connectivity index (χ4v) is 2.36. The van der Waals surface area contributed by atoms with Crippen molar-refractivity contribution in [2.75, 3.05) is 26.3 Å². The zero-order valence-electron chi connectivity index (χ0n) is 10.7. The second-order valence-electron chi connectivity index (χ2n) is 4.62. The Balaban J connectivity index is 1.82. The maximum atomic E-state index is 10.6. The first-order valence-corrected chi connectivity index (χ1v) is 6.43. The highest BCUT2D eigenvalue weighted by atomic mass is 16.6. The summed E-state index contributed by atoms with van der Waals surface area (Å²) in [6.07, 6.45) is 2.12. The van der Waals surface area contributed by atoms with Crippen LogP contribution in [0.1, 0.15) is 12.8 Å². The maximum Gasteiger partial charge on any atom is 0.273 e. The van der Waals surface area contributed by atoms with Crippen LogP contribution in [0, 0.1) is 10.1 Å². The monoisotopic (exact) mass is 266 g/mol. The quantitative estimate of drug-likeness (QED) is 0.622. The van der Waals surface area contributed by atoms with Gasteiger partial charge < -0.3 is 9.84 Å². The summed E-state index contributed by atoms with van der Waals surface area (Å²) in [5.41, 5.74) is 0.0342. The number of nitrogens with zero attached hydrogens (tertiary/aromatic N) is 2. The van der Waals surface area contributed by atoms with Gasteiger partial charge in [-0.05, 0) is 25.5 Å². The summed E-state index contributed by atoms with van der Waals surface area (Å²) >= 11 is 0.